The highest BCUT2D eigenvalue weighted by atomic mass is 19.1. The molecule has 1 aromatic carbocycles. The number of anilines is 4. The van der Waals surface area contributed by atoms with E-state index in [2.05, 4.69) is 53.7 Å². The van der Waals surface area contributed by atoms with Gasteiger partial charge in [-0.1, -0.05) is 13.8 Å². The fraction of sp³-hybridized carbons (Fsp3) is 0.400. The second-order valence-electron chi connectivity index (χ2n) is 19.8. The standard InChI is InChI=1S/C50H52FN11O7/c1-50(2)20-28-18-40-49(69)61(15-14-60(40)41(28)21-50)44-36(27-63)33(8-9-52-44)29-17-38(48(68)56(3)23-29)54-42-6-4-31(22-53-42)58-10-12-59(13-11-58)32-25-57(26-32)24-30-16-34-35(19-37(30)51)47(67)62(46(34)66)39-5-7-43(64)55-45(39)65/h4,6,8-9,16-19,22-23,32,39,63H,5,7,10-15,20-21,24-27H2,1-3H3,(H,53,54)(H,55,64,65). The summed E-state index contributed by atoms with van der Waals surface area (Å²) >= 11 is 0. The lowest BCUT2D eigenvalue weighted by atomic mass is 9.90. The lowest BCUT2D eigenvalue weighted by Gasteiger charge is -2.48. The third-order valence-electron chi connectivity index (χ3n) is 14.7. The Bertz CT molecular complexity index is 3060. The van der Waals surface area contributed by atoms with Crippen molar-refractivity contribution >= 4 is 52.5 Å². The molecule has 69 heavy (non-hydrogen) atoms. The van der Waals surface area contributed by atoms with Crippen molar-refractivity contribution < 1.29 is 33.5 Å². The molecule has 356 valence electrons. The minimum atomic E-state index is -1.11. The van der Waals surface area contributed by atoms with Crippen molar-refractivity contribution in [3.8, 4) is 11.1 Å². The molecular weight excluding hydrogens is 886 g/mol. The van der Waals surface area contributed by atoms with Crippen molar-refractivity contribution in [1.29, 1.82) is 0 Å². The summed E-state index contributed by atoms with van der Waals surface area (Å²) in [5, 5.41) is 16.1. The van der Waals surface area contributed by atoms with Gasteiger partial charge in [0.2, 0.25) is 11.8 Å². The molecule has 1 unspecified atom stereocenters. The van der Waals surface area contributed by atoms with Gasteiger partial charge in [0.1, 0.15) is 34.9 Å². The summed E-state index contributed by atoms with van der Waals surface area (Å²) in [6, 6.07) is 11.0. The van der Waals surface area contributed by atoms with Crippen LogP contribution in [0.15, 0.2) is 65.8 Å². The van der Waals surface area contributed by atoms with Gasteiger partial charge >= 0.3 is 0 Å². The van der Waals surface area contributed by atoms with Crippen LogP contribution in [0, 0.1) is 11.2 Å². The molecule has 0 bridgehead atoms. The number of imide groups is 2. The molecule has 11 rings (SSSR count). The smallest absolute Gasteiger partial charge is 0.276 e. The maximum Gasteiger partial charge on any atom is 0.276 e. The minimum absolute atomic E-state index is 0.00548. The number of nitrogens with zero attached hydrogens (tertiary/aromatic N) is 9. The number of hydrogen-bond acceptors (Lipinski definition) is 13. The van der Waals surface area contributed by atoms with E-state index >= 15 is 4.39 Å². The molecule has 5 aromatic rings. The Balaban J connectivity index is 0.703. The van der Waals surface area contributed by atoms with Crippen LogP contribution in [0.25, 0.3) is 11.1 Å². The zero-order valence-electron chi connectivity index (χ0n) is 38.6. The fourth-order valence-corrected chi connectivity index (χ4v) is 11.1. The van der Waals surface area contributed by atoms with Crippen molar-refractivity contribution in [2.45, 2.75) is 71.3 Å². The van der Waals surface area contributed by atoms with E-state index in [0.717, 1.165) is 55.7 Å². The SMILES string of the molecule is Cn1cc(-c2ccnc(N3CCn4c(cc5c4CC(C)(C)C5)C3=O)c2CO)cc(Nc2ccc(N3CCN(C4CN(Cc5cc6c(cc5F)C(=O)N(C5CCC(=O)NC5=O)C6=O)C4)CC3)cn2)c1=O. The number of piperidine rings is 1. The molecule has 9 heterocycles. The van der Waals surface area contributed by atoms with E-state index in [1.807, 2.05) is 18.2 Å². The number of aromatic nitrogens is 4. The van der Waals surface area contributed by atoms with E-state index < -0.39 is 35.5 Å². The quantitative estimate of drug-likeness (QED) is 0.173. The Morgan fingerprint density at radius 3 is 2.36 bits per heavy atom. The summed E-state index contributed by atoms with van der Waals surface area (Å²) < 4.78 is 19.0. The average Bonchev–Trinajstić information content (AvgIpc) is 3.90. The normalized spacial score (nSPS) is 20.6. The highest BCUT2D eigenvalue weighted by Gasteiger charge is 2.46. The Kier molecular flexibility index (Phi) is 10.8. The summed E-state index contributed by atoms with van der Waals surface area (Å²) in [4.78, 5) is 96.5. The summed E-state index contributed by atoms with van der Waals surface area (Å²) in [6.45, 7) is 10.1. The van der Waals surface area contributed by atoms with Crippen molar-refractivity contribution in [1.82, 2.24) is 39.1 Å². The zero-order chi connectivity index (χ0) is 48.0. The van der Waals surface area contributed by atoms with Crippen molar-refractivity contribution in [2.24, 2.45) is 12.5 Å². The van der Waals surface area contributed by atoms with Crippen LogP contribution in [0.2, 0.25) is 0 Å². The molecule has 1 atom stereocenters. The molecule has 5 amide bonds. The number of amides is 5. The van der Waals surface area contributed by atoms with Gasteiger partial charge in [-0.05, 0) is 78.3 Å². The van der Waals surface area contributed by atoms with E-state index in [-0.39, 0.29) is 60.0 Å². The molecule has 3 N–H and O–H groups in total. The molecule has 6 aliphatic rings. The van der Waals surface area contributed by atoms with Gasteiger partial charge in [-0.2, -0.15) is 0 Å². The molecule has 5 aliphatic heterocycles. The van der Waals surface area contributed by atoms with Crippen LogP contribution in [-0.2, 0) is 49.2 Å². The second-order valence-corrected chi connectivity index (χ2v) is 19.8. The zero-order valence-corrected chi connectivity index (χ0v) is 38.6. The van der Waals surface area contributed by atoms with Crippen molar-refractivity contribution in [3.63, 3.8) is 0 Å². The number of fused-ring (bicyclic) bond motifs is 4. The maximum atomic E-state index is 15.3. The number of benzene rings is 1. The van der Waals surface area contributed by atoms with Gasteiger partial charge < -0.3 is 24.5 Å². The molecule has 0 saturated carbocycles. The molecule has 0 radical (unpaired) electrons. The van der Waals surface area contributed by atoms with E-state index in [1.54, 1.807) is 42.7 Å². The molecule has 3 saturated heterocycles. The van der Waals surface area contributed by atoms with Gasteiger partial charge in [-0.25, -0.2) is 14.4 Å². The molecule has 0 spiro atoms. The summed E-state index contributed by atoms with van der Waals surface area (Å²) in [5.74, 6) is -2.42. The highest BCUT2D eigenvalue weighted by Crippen LogP contribution is 2.40. The first-order valence-electron chi connectivity index (χ1n) is 23.5. The van der Waals surface area contributed by atoms with Gasteiger partial charge in [0.05, 0.1) is 29.6 Å². The predicted octanol–water partition coefficient (Wildman–Crippen LogP) is 3.21. The van der Waals surface area contributed by atoms with Crippen molar-refractivity contribution in [2.75, 3.05) is 60.9 Å². The van der Waals surface area contributed by atoms with E-state index in [0.29, 0.717) is 71.4 Å². The molecular formula is C50H52FN11O7. The Morgan fingerprint density at radius 2 is 1.64 bits per heavy atom. The number of carbonyl (C=O) groups is 5. The summed E-state index contributed by atoms with van der Waals surface area (Å²) in [6.07, 6.45) is 7.02. The number of halogens is 1. The average molecular weight is 938 g/mol. The highest BCUT2D eigenvalue weighted by molar-refractivity contribution is 6.23. The summed E-state index contributed by atoms with van der Waals surface area (Å²) in [7, 11) is 1.67. The van der Waals surface area contributed by atoms with Crippen LogP contribution >= 0.6 is 0 Å². The Hall–Kier alpha value is -7.09. The van der Waals surface area contributed by atoms with E-state index in [1.165, 1.54) is 21.9 Å². The summed E-state index contributed by atoms with van der Waals surface area (Å²) in [5.41, 5.74) is 6.35. The van der Waals surface area contributed by atoms with E-state index in [9.17, 15) is 33.9 Å². The van der Waals surface area contributed by atoms with Gasteiger partial charge in [0.25, 0.3) is 23.3 Å². The largest absolute Gasteiger partial charge is 0.392 e. The number of likely N-dealkylation sites (tertiary alicyclic amines) is 1. The lowest BCUT2D eigenvalue weighted by Crippen LogP contribution is -2.62. The molecule has 19 heteroatoms. The van der Waals surface area contributed by atoms with Crippen LogP contribution in [0.3, 0.4) is 0 Å². The van der Waals surface area contributed by atoms with Crippen LogP contribution in [0.4, 0.5) is 27.4 Å². The monoisotopic (exact) mass is 937 g/mol. The first-order valence-corrected chi connectivity index (χ1v) is 23.5. The minimum Gasteiger partial charge on any atom is -0.392 e. The molecule has 18 nitrogen and oxygen atoms in total. The topological polar surface area (TPSA) is 199 Å². The van der Waals surface area contributed by atoms with Crippen LogP contribution in [-0.4, -0.2) is 126 Å². The Labute approximate surface area is 396 Å². The number of nitrogens with one attached hydrogen (secondary N) is 2. The van der Waals surface area contributed by atoms with Gasteiger partial charge in [0.15, 0.2) is 0 Å². The number of piperazine rings is 1. The number of aliphatic hydroxyl groups is 1. The third-order valence-corrected chi connectivity index (χ3v) is 14.7. The number of rotatable bonds is 10. The second kappa shape index (κ2) is 16.8. The fourth-order valence-electron chi connectivity index (χ4n) is 11.1. The van der Waals surface area contributed by atoms with Crippen LogP contribution in [0.1, 0.15) is 80.3 Å². The predicted molar refractivity (Wildman–Crippen MR) is 252 cm³/mol. The lowest BCUT2D eigenvalue weighted by molar-refractivity contribution is -0.136. The first kappa shape index (κ1) is 44.4. The third kappa shape index (κ3) is 7.77. The number of pyridine rings is 3. The molecule has 3 fully saturated rings. The number of aryl methyl sites for hydroxylation is 1. The van der Waals surface area contributed by atoms with Gasteiger partial charge in [-0.3, -0.25) is 53.7 Å². The van der Waals surface area contributed by atoms with Gasteiger partial charge in [0, 0.05) is 113 Å². The number of hydrogen-bond donors (Lipinski definition) is 3. The Morgan fingerprint density at radius 1 is 0.870 bits per heavy atom. The van der Waals surface area contributed by atoms with Crippen molar-refractivity contribution in [3.05, 3.63) is 116 Å². The van der Waals surface area contributed by atoms with Gasteiger partial charge in [-0.15, -0.1) is 0 Å². The first-order chi connectivity index (χ1) is 33.1. The number of aliphatic hydroxyl groups excluding tert-OH is 1. The van der Waals surface area contributed by atoms with Crippen LogP contribution in [0.5, 0.6) is 0 Å². The number of carbonyl (C=O) groups excluding carboxylic acids is 5. The molecule has 4 aromatic heterocycles. The van der Waals surface area contributed by atoms with Crippen LogP contribution < -0.4 is 26.0 Å². The van der Waals surface area contributed by atoms with E-state index in [4.69, 9.17) is 0 Å². The molecule has 1 aliphatic carbocycles. The maximum absolute atomic E-state index is 15.3.